The van der Waals surface area contributed by atoms with E-state index in [2.05, 4.69) is 16.3 Å². The number of aromatic nitrogens is 2. The summed E-state index contributed by atoms with van der Waals surface area (Å²) in [5, 5.41) is 8.32. The number of nitrogens with one attached hydrogen (secondary N) is 1. The zero-order valence-corrected chi connectivity index (χ0v) is 10.6. The summed E-state index contributed by atoms with van der Waals surface area (Å²) in [6.45, 7) is 3.71. The number of hydrogen-bond acceptors (Lipinski definition) is 2. The van der Waals surface area contributed by atoms with Gasteiger partial charge in [-0.3, -0.25) is 4.68 Å². The third-order valence-electron chi connectivity index (χ3n) is 2.50. The average molecular weight is 240 g/mol. The van der Waals surface area contributed by atoms with Crippen molar-refractivity contribution in [3.05, 3.63) is 16.4 Å². The zero-order chi connectivity index (χ0) is 12.0. The Kier molecular flexibility index (Phi) is 5.37. The lowest BCUT2D eigenvalue weighted by atomic mass is 10.2. The molecule has 16 heavy (non-hydrogen) atoms. The molecule has 0 bridgehead atoms. The Balaban J connectivity index is 2.30. The molecule has 0 aliphatic heterocycles. The quantitative estimate of drug-likeness (QED) is 0.610. The van der Waals surface area contributed by atoms with Crippen molar-refractivity contribution in [2.75, 3.05) is 6.54 Å². The van der Waals surface area contributed by atoms with Crippen LogP contribution in [-0.4, -0.2) is 16.3 Å². The zero-order valence-electron chi connectivity index (χ0n) is 9.89. The molecular weight excluding hydrogens is 222 g/mol. The summed E-state index contributed by atoms with van der Waals surface area (Å²) in [7, 11) is 1.85. The largest absolute Gasteiger partial charge is 0.312 e. The molecule has 1 N–H and O–H groups in total. The van der Waals surface area contributed by atoms with Gasteiger partial charge in [0, 0.05) is 25.6 Å². The third-order valence-corrected chi connectivity index (χ3v) is 2.97. The molecule has 0 amide bonds. The van der Waals surface area contributed by atoms with Crippen LogP contribution in [0.15, 0.2) is 0 Å². The number of aryl methyl sites for hydroxylation is 2. The Morgan fingerprint density at radius 1 is 1.50 bits per heavy atom. The summed E-state index contributed by atoms with van der Waals surface area (Å²) in [6, 6.07) is 0. The predicted octanol–water partition coefficient (Wildman–Crippen LogP) is 2.28. The number of nitrogens with zero attached hydrogens (tertiary/aromatic N) is 2. The van der Waals surface area contributed by atoms with E-state index in [4.69, 9.17) is 18.0 Å². The molecule has 1 aromatic rings. The Morgan fingerprint density at radius 2 is 2.25 bits per heavy atom. The molecule has 4 heteroatoms. The first kappa shape index (κ1) is 13.1. The van der Waals surface area contributed by atoms with Crippen molar-refractivity contribution in [3.63, 3.8) is 0 Å². The summed E-state index contributed by atoms with van der Waals surface area (Å²) in [4.78, 5) is 0. The van der Waals surface area contributed by atoms with Gasteiger partial charge in [-0.25, -0.2) is 0 Å². The van der Waals surface area contributed by atoms with Gasteiger partial charge < -0.3 is 5.32 Å². The minimum absolute atomic E-state index is 0.716. The van der Waals surface area contributed by atoms with E-state index in [0.717, 1.165) is 43.6 Å². The summed E-state index contributed by atoms with van der Waals surface area (Å²) >= 11 is 6.11. The molecule has 0 aliphatic rings. The highest BCUT2D eigenvalue weighted by molar-refractivity contribution is 6.30. The van der Waals surface area contributed by atoms with Crippen LogP contribution in [0.3, 0.4) is 0 Å². The van der Waals surface area contributed by atoms with Gasteiger partial charge in [0.25, 0.3) is 0 Å². The van der Waals surface area contributed by atoms with E-state index in [-0.39, 0.29) is 0 Å². The van der Waals surface area contributed by atoms with Gasteiger partial charge in [0.15, 0.2) is 0 Å². The Morgan fingerprint density at radius 3 is 2.81 bits per heavy atom. The maximum absolute atomic E-state index is 6.11. The van der Waals surface area contributed by atoms with Gasteiger partial charge in [-0.1, -0.05) is 11.6 Å². The van der Waals surface area contributed by atoms with Gasteiger partial charge in [0.2, 0.25) is 0 Å². The molecule has 0 radical (unpaired) electrons. The summed E-state index contributed by atoms with van der Waals surface area (Å²) in [6.07, 6.45) is 8.20. The summed E-state index contributed by atoms with van der Waals surface area (Å²) < 4.78 is 1.70. The molecule has 1 aromatic heterocycles. The van der Waals surface area contributed by atoms with Gasteiger partial charge in [0.05, 0.1) is 5.69 Å². The van der Waals surface area contributed by atoms with Crippen LogP contribution in [0.4, 0.5) is 0 Å². The normalized spacial score (nSPS) is 10.4. The second-order valence-electron chi connectivity index (χ2n) is 3.82. The SMILES string of the molecule is C#CCCCCNCc1c(C)nn(C)c1Cl. The fraction of sp³-hybridized carbons (Fsp3) is 0.583. The first-order chi connectivity index (χ1) is 7.66. The standard InChI is InChI=1S/C12H18ClN3/c1-4-5-6-7-8-14-9-11-10(2)15-16(3)12(11)13/h1,14H,5-9H2,2-3H3. The molecule has 0 aliphatic carbocycles. The number of halogens is 1. The van der Waals surface area contributed by atoms with Crippen molar-refractivity contribution in [1.29, 1.82) is 0 Å². The minimum Gasteiger partial charge on any atom is -0.312 e. The Hall–Kier alpha value is -0.980. The minimum atomic E-state index is 0.716. The van der Waals surface area contributed by atoms with Gasteiger partial charge in [0.1, 0.15) is 5.15 Å². The first-order valence-electron chi connectivity index (χ1n) is 5.49. The topological polar surface area (TPSA) is 29.9 Å². The lowest BCUT2D eigenvalue weighted by molar-refractivity contribution is 0.628. The van der Waals surface area contributed by atoms with Crippen molar-refractivity contribution in [2.24, 2.45) is 7.05 Å². The van der Waals surface area contributed by atoms with Gasteiger partial charge >= 0.3 is 0 Å². The lowest BCUT2D eigenvalue weighted by Crippen LogP contribution is -2.15. The molecule has 88 valence electrons. The second kappa shape index (κ2) is 6.57. The number of unbranched alkanes of at least 4 members (excludes halogenated alkanes) is 2. The Labute approximate surface area is 102 Å². The van der Waals surface area contributed by atoms with E-state index in [1.165, 1.54) is 0 Å². The smallest absolute Gasteiger partial charge is 0.131 e. The molecule has 0 aromatic carbocycles. The van der Waals surface area contributed by atoms with Crippen LogP contribution in [0.2, 0.25) is 5.15 Å². The van der Waals surface area contributed by atoms with Crippen LogP contribution in [0.1, 0.15) is 30.5 Å². The summed E-state index contributed by atoms with van der Waals surface area (Å²) in [5.41, 5.74) is 2.07. The van der Waals surface area contributed by atoms with E-state index in [1.54, 1.807) is 4.68 Å². The van der Waals surface area contributed by atoms with Crippen molar-refractivity contribution >= 4 is 11.6 Å². The Bertz CT molecular complexity index is 376. The van der Waals surface area contributed by atoms with Crippen molar-refractivity contribution in [3.8, 4) is 12.3 Å². The van der Waals surface area contributed by atoms with Crippen molar-refractivity contribution < 1.29 is 0 Å². The first-order valence-corrected chi connectivity index (χ1v) is 5.86. The van der Waals surface area contributed by atoms with E-state index in [0.29, 0.717) is 5.15 Å². The van der Waals surface area contributed by atoms with Crippen molar-refractivity contribution in [2.45, 2.75) is 32.7 Å². The molecular formula is C12H18ClN3. The van der Waals surface area contributed by atoms with Crippen LogP contribution in [0, 0.1) is 19.3 Å². The van der Waals surface area contributed by atoms with Crippen LogP contribution >= 0.6 is 11.6 Å². The average Bonchev–Trinajstić information content (AvgIpc) is 2.49. The highest BCUT2D eigenvalue weighted by Gasteiger charge is 2.09. The maximum Gasteiger partial charge on any atom is 0.131 e. The second-order valence-corrected chi connectivity index (χ2v) is 4.17. The van der Waals surface area contributed by atoms with Crippen LogP contribution in [0.25, 0.3) is 0 Å². The number of rotatable bonds is 6. The van der Waals surface area contributed by atoms with Gasteiger partial charge in [-0.05, 0) is 26.3 Å². The molecule has 0 unspecified atom stereocenters. The maximum atomic E-state index is 6.11. The van der Waals surface area contributed by atoms with Crippen LogP contribution in [-0.2, 0) is 13.6 Å². The molecule has 0 atom stereocenters. The molecule has 1 heterocycles. The van der Waals surface area contributed by atoms with Crippen LogP contribution in [0.5, 0.6) is 0 Å². The van der Waals surface area contributed by atoms with E-state index in [1.807, 2.05) is 14.0 Å². The lowest BCUT2D eigenvalue weighted by Gasteiger charge is -2.03. The molecule has 1 rings (SSSR count). The highest BCUT2D eigenvalue weighted by atomic mass is 35.5. The fourth-order valence-corrected chi connectivity index (χ4v) is 1.81. The molecule has 0 fully saturated rings. The van der Waals surface area contributed by atoms with Crippen molar-refractivity contribution in [1.82, 2.24) is 15.1 Å². The van der Waals surface area contributed by atoms with Crippen LogP contribution < -0.4 is 5.32 Å². The van der Waals surface area contributed by atoms with E-state index >= 15 is 0 Å². The van der Waals surface area contributed by atoms with Gasteiger partial charge in [-0.15, -0.1) is 12.3 Å². The number of terminal acetylenes is 1. The highest BCUT2D eigenvalue weighted by Crippen LogP contribution is 2.17. The monoisotopic (exact) mass is 239 g/mol. The van der Waals surface area contributed by atoms with Gasteiger partial charge in [-0.2, -0.15) is 5.10 Å². The molecule has 3 nitrogen and oxygen atoms in total. The van der Waals surface area contributed by atoms with E-state index < -0.39 is 0 Å². The predicted molar refractivity (Wildman–Crippen MR) is 67.3 cm³/mol. The van der Waals surface area contributed by atoms with E-state index in [9.17, 15) is 0 Å². The summed E-state index contributed by atoms with van der Waals surface area (Å²) in [5.74, 6) is 2.64. The third kappa shape index (κ3) is 3.55. The fourth-order valence-electron chi connectivity index (χ4n) is 1.57. The molecule has 0 saturated carbocycles. The molecule has 0 spiro atoms. The number of hydrogen-bond donors (Lipinski definition) is 1. The molecule has 0 saturated heterocycles.